The number of nitrogens with zero attached hydrogens (tertiary/aromatic N) is 8. The average molecular weight is 1430 g/mol. The Morgan fingerprint density at radius 3 is 1.09 bits per heavy atom. The van der Waals surface area contributed by atoms with E-state index < -0.39 is 0 Å². The number of fused-ring (bicyclic) bond motifs is 20. The number of hydrogen-bond donors (Lipinski definition) is 0. The van der Waals surface area contributed by atoms with Crippen molar-refractivity contribution in [2.24, 2.45) is 28.2 Å². The highest BCUT2D eigenvalue weighted by Crippen LogP contribution is 2.45. The quantitative estimate of drug-likeness (QED) is 0.160. The van der Waals surface area contributed by atoms with Crippen molar-refractivity contribution in [2.45, 2.75) is 88.5 Å². The van der Waals surface area contributed by atoms with Gasteiger partial charge in [0.2, 0.25) is 45.6 Å². The van der Waals surface area contributed by atoms with E-state index in [9.17, 15) is 0 Å². The van der Waals surface area contributed by atoms with Crippen LogP contribution in [0, 0.1) is 62.3 Å². The number of hydrogen-bond acceptors (Lipinski definition) is 8. The van der Waals surface area contributed by atoms with Crippen LogP contribution in [0.5, 0.6) is 0 Å². The summed E-state index contributed by atoms with van der Waals surface area (Å²) in [5.41, 5.74) is 28.0. The summed E-state index contributed by atoms with van der Waals surface area (Å²) in [5, 5.41) is 18.2. The van der Waals surface area contributed by atoms with Crippen LogP contribution >= 0.6 is 0 Å². The van der Waals surface area contributed by atoms with Gasteiger partial charge < -0.3 is 17.7 Å². The molecule has 0 spiro atoms. The second-order valence-electron chi connectivity index (χ2n) is 30.7. The summed E-state index contributed by atoms with van der Waals surface area (Å²) in [5.74, 6) is 0. The van der Waals surface area contributed by atoms with Crippen LogP contribution in [0.25, 0.3) is 176 Å². The SMILES string of the molecule is Cc1cc(-c2c(C)ccc3c2oc2ncc4ccccc4c23)[n+](C)cc1C.Cc1cc(C)c2c(oc3ncc4ccccc4c32)c1-c1cccc[n+]1C.Cc1ccc(-c2c(C)cc(C)c3c2oc2ncc4ccccc4c23)[n+](C)c1.Cc1ccc2c(oc3ncc4ccccc4c32)c1-c1ccc(C(C)(C)C)c[n+]1C. The number of rotatable bonds is 4. The maximum atomic E-state index is 6.37. The Kier molecular flexibility index (Phi) is 17.1. The summed E-state index contributed by atoms with van der Waals surface area (Å²) >= 11 is 0. The maximum absolute atomic E-state index is 6.37. The lowest BCUT2D eigenvalue weighted by Crippen LogP contribution is -2.33. The number of pyridine rings is 8. The molecule has 12 heterocycles. The second kappa shape index (κ2) is 26.9. The Hall–Kier alpha value is -12.8. The van der Waals surface area contributed by atoms with Crippen molar-refractivity contribution in [1.29, 1.82) is 0 Å². The molecule has 0 saturated carbocycles. The molecule has 0 bridgehead atoms. The Morgan fingerprint density at radius 2 is 0.651 bits per heavy atom. The third-order valence-electron chi connectivity index (χ3n) is 22.1. The van der Waals surface area contributed by atoms with Crippen molar-refractivity contribution >= 4 is 131 Å². The summed E-state index contributed by atoms with van der Waals surface area (Å²) in [4.78, 5) is 18.4. The molecule has 0 atom stereocenters. The highest BCUT2D eigenvalue weighted by molar-refractivity contribution is 6.24. The molecule has 20 rings (SSSR count). The van der Waals surface area contributed by atoms with E-state index in [2.05, 4.69) is 326 Å². The molecule has 0 amide bonds. The summed E-state index contributed by atoms with van der Waals surface area (Å²) < 4.78 is 34.1. The van der Waals surface area contributed by atoms with Gasteiger partial charge in [-0.05, 0) is 146 Å². The van der Waals surface area contributed by atoms with Gasteiger partial charge in [-0.2, -0.15) is 0 Å². The summed E-state index contributed by atoms with van der Waals surface area (Å²) in [7, 11) is 8.36. The smallest absolute Gasteiger partial charge is 0.227 e. The lowest BCUT2D eigenvalue weighted by atomic mass is 9.88. The van der Waals surface area contributed by atoms with Crippen molar-refractivity contribution in [2.75, 3.05) is 0 Å². The predicted molar refractivity (Wildman–Crippen MR) is 444 cm³/mol. The highest BCUT2D eigenvalue weighted by Gasteiger charge is 2.29. The Balaban J connectivity index is 0.000000106. The first kappa shape index (κ1) is 69.3. The topological polar surface area (TPSA) is 120 Å². The fraction of sp³-hybridized carbons (Fsp3) is 0.175. The van der Waals surface area contributed by atoms with Crippen LogP contribution in [-0.2, 0) is 33.6 Å². The Labute approximate surface area is 632 Å². The first-order valence-electron chi connectivity index (χ1n) is 37.3. The number of aromatic nitrogens is 8. The second-order valence-corrected chi connectivity index (χ2v) is 30.7. The first-order valence-corrected chi connectivity index (χ1v) is 37.3. The van der Waals surface area contributed by atoms with Gasteiger partial charge in [0.05, 0.1) is 43.8 Å². The molecule has 0 aliphatic carbocycles. The van der Waals surface area contributed by atoms with Gasteiger partial charge >= 0.3 is 0 Å². The van der Waals surface area contributed by atoms with E-state index in [1.807, 2.05) is 55.1 Å². The molecule has 0 saturated heterocycles. The molecule has 0 N–H and O–H groups in total. The van der Waals surface area contributed by atoms with Gasteiger partial charge in [0.25, 0.3) is 0 Å². The lowest BCUT2D eigenvalue weighted by Gasteiger charge is -2.17. The fourth-order valence-corrected chi connectivity index (χ4v) is 16.5. The van der Waals surface area contributed by atoms with Gasteiger partial charge in [-0.3, -0.25) is 0 Å². The van der Waals surface area contributed by atoms with Crippen LogP contribution in [0.4, 0.5) is 0 Å². The zero-order valence-electron chi connectivity index (χ0n) is 64.7. The third-order valence-corrected chi connectivity index (χ3v) is 22.1. The molecule has 12 heteroatoms. The molecule has 0 unspecified atom stereocenters. The minimum absolute atomic E-state index is 0.111. The standard InChI is InChI=1S/C26H25N2O.2C24H21N2O.C23H19N2O/c1-16-10-12-20-23-19-9-7-6-8-17(19)14-27-25(23)29-24(20)22(16)21-13-11-18(15-28(21)5)26(2,3)4;1-14-9-10-19-22-18-8-6-5-7-17(18)12-25-24(22)27-23(19)21(14)20-11-15(2)16(3)13-26(20)4;1-14-9-10-19(26(4)13-14)20-15(2)11-16(3)21-22-18-8-6-5-7-17(18)12-25-24(22)27-23(20)21;1-14-12-15(2)20-21-17-9-5-4-8-16(17)13-24-23(21)26-22(20)19(14)18-10-6-7-11-25(18)3/h6-15H,1-5H3;2*5-13H,1-4H3;4-13H,1-3H3/q4*+1. The monoisotopic (exact) mass is 1430 g/mol. The predicted octanol–water partition coefficient (Wildman–Crippen LogP) is 22.6. The van der Waals surface area contributed by atoms with E-state index >= 15 is 0 Å². The van der Waals surface area contributed by atoms with Crippen LogP contribution in [0.3, 0.4) is 0 Å². The van der Waals surface area contributed by atoms with Crippen molar-refractivity contribution < 1.29 is 35.9 Å². The van der Waals surface area contributed by atoms with Crippen LogP contribution in [0.1, 0.15) is 76.4 Å². The van der Waals surface area contributed by atoms with Crippen LogP contribution in [-0.4, -0.2) is 19.9 Å². The normalized spacial score (nSPS) is 11.9. The molecule has 8 aromatic carbocycles. The molecular weight excluding hydrogens is 1340 g/mol. The van der Waals surface area contributed by atoms with E-state index in [0.717, 1.165) is 132 Å². The van der Waals surface area contributed by atoms with E-state index in [1.54, 1.807) is 0 Å². The van der Waals surface area contributed by atoms with E-state index in [-0.39, 0.29) is 5.41 Å². The lowest BCUT2D eigenvalue weighted by molar-refractivity contribution is -0.661. The molecule has 109 heavy (non-hydrogen) atoms. The average Bonchev–Trinajstić information content (AvgIpc) is 1.57. The largest absolute Gasteiger partial charge is 0.437 e. The van der Waals surface area contributed by atoms with Gasteiger partial charge in [0.1, 0.15) is 28.2 Å². The third kappa shape index (κ3) is 11.8. The van der Waals surface area contributed by atoms with Crippen LogP contribution in [0.15, 0.2) is 249 Å². The van der Waals surface area contributed by atoms with Gasteiger partial charge in [-0.25, -0.2) is 38.2 Å². The van der Waals surface area contributed by atoms with Crippen molar-refractivity contribution in [3.63, 3.8) is 0 Å². The van der Waals surface area contributed by atoms with Crippen LogP contribution < -0.4 is 18.3 Å². The molecule has 0 fully saturated rings. The summed E-state index contributed by atoms with van der Waals surface area (Å²) in [6.45, 7) is 26.0. The molecule has 0 aliphatic heterocycles. The summed E-state index contributed by atoms with van der Waals surface area (Å²) in [6, 6.07) is 63.9. The van der Waals surface area contributed by atoms with Crippen molar-refractivity contribution in [3.05, 3.63) is 287 Å². The molecule has 0 aliphatic rings. The van der Waals surface area contributed by atoms with E-state index in [0.29, 0.717) is 22.9 Å². The highest BCUT2D eigenvalue weighted by atomic mass is 16.4. The number of aryl methyl sites for hydroxylation is 13. The molecule has 12 aromatic heterocycles. The molecule has 0 radical (unpaired) electrons. The molecule has 20 aromatic rings. The number of benzene rings is 8. The Morgan fingerprint density at radius 1 is 0.275 bits per heavy atom. The van der Waals surface area contributed by atoms with Gasteiger partial charge in [0, 0.05) is 115 Å². The minimum atomic E-state index is 0.111. The number of furan rings is 4. The van der Waals surface area contributed by atoms with Crippen molar-refractivity contribution in [1.82, 2.24) is 19.9 Å². The zero-order chi connectivity index (χ0) is 75.6. The Bertz CT molecular complexity index is 7150. The van der Waals surface area contributed by atoms with Crippen LogP contribution in [0.2, 0.25) is 0 Å². The van der Waals surface area contributed by atoms with Crippen molar-refractivity contribution in [3.8, 4) is 45.0 Å². The van der Waals surface area contributed by atoms with Gasteiger partial charge in [0.15, 0.2) is 47.1 Å². The molecular formula is C97H86N8O4+4. The minimum Gasteiger partial charge on any atom is -0.437 e. The van der Waals surface area contributed by atoms with E-state index in [4.69, 9.17) is 17.7 Å². The maximum Gasteiger partial charge on any atom is 0.227 e. The van der Waals surface area contributed by atoms with E-state index in [1.165, 1.54) is 77.2 Å². The zero-order valence-corrected chi connectivity index (χ0v) is 64.7. The van der Waals surface area contributed by atoms with Gasteiger partial charge in [-0.1, -0.05) is 154 Å². The fourth-order valence-electron chi connectivity index (χ4n) is 16.5. The summed E-state index contributed by atoms with van der Waals surface area (Å²) in [6.07, 6.45) is 16.2. The van der Waals surface area contributed by atoms with Gasteiger partial charge in [-0.15, -0.1) is 0 Å². The molecule has 12 nitrogen and oxygen atoms in total. The first-order chi connectivity index (χ1) is 52.6. The molecule has 534 valence electrons.